The number of methoxy groups -OCH3 is 2. The number of ether oxygens (including phenoxy) is 2. The van der Waals surface area contributed by atoms with Gasteiger partial charge in [-0.1, -0.05) is 0 Å². The van der Waals surface area contributed by atoms with E-state index in [0.717, 1.165) is 30.7 Å². The quantitative estimate of drug-likeness (QED) is 0.613. The van der Waals surface area contributed by atoms with Crippen molar-refractivity contribution in [2.45, 2.75) is 0 Å². The Labute approximate surface area is 134 Å². The highest BCUT2D eigenvalue weighted by molar-refractivity contribution is 9.10. The van der Waals surface area contributed by atoms with Crippen molar-refractivity contribution in [2.24, 2.45) is 0 Å². The molecular formula is C16H13BrO3S. The largest absolute Gasteiger partial charge is 0.590 e. The third-order valence-electron chi connectivity index (χ3n) is 3.36. The molecule has 3 aromatic rings. The molecule has 1 heterocycles. The second-order valence-electron chi connectivity index (χ2n) is 4.50. The molecule has 0 amide bonds. The van der Waals surface area contributed by atoms with Crippen molar-refractivity contribution in [2.75, 3.05) is 14.2 Å². The van der Waals surface area contributed by atoms with Crippen LogP contribution in [0.4, 0.5) is 0 Å². The van der Waals surface area contributed by atoms with E-state index in [9.17, 15) is 4.55 Å². The summed E-state index contributed by atoms with van der Waals surface area (Å²) in [5.74, 6) is 1.48. The first-order chi connectivity index (χ1) is 10.2. The molecule has 0 aliphatic heterocycles. The van der Waals surface area contributed by atoms with Crippen molar-refractivity contribution in [1.29, 1.82) is 0 Å². The number of thiophene rings is 1. The fourth-order valence-electron chi connectivity index (χ4n) is 2.25. The fraction of sp³-hybridized carbons (Fsp3) is 0.125. The van der Waals surface area contributed by atoms with Gasteiger partial charge in [-0.05, 0) is 63.1 Å². The molecule has 0 bridgehead atoms. The van der Waals surface area contributed by atoms with Crippen molar-refractivity contribution >= 4 is 36.8 Å². The van der Waals surface area contributed by atoms with Crippen molar-refractivity contribution in [3.63, 3.8) is 0 Å². The summed E-state index contributed by atoms with van der Waals surface area (Å²) >= 11 is 3.58. The van der Waals surface area contributed by atoms with Gasteiger partial charge in [0.15, 0.2) is 9.58 Å². The van der Waals surface area contributed by atoms with Gasteiger partial charge in [-0.25, -0.2) is 0 Å². The topological polar surface area (TPSA) is 41.5 Å². The Morgan fingerprint density at radius 2 is 1.57 bits per heavy atom. The number of hydrogen-bond donors (Lipinski definition) is 0. The van der Waals surface area contributed by atoms with E-state index in [2.05, 4.69) is 15.9 Å². The van der Waals surface area contributed by atoms with Crippen molar-refractivity contribution in [3.05, 3.63) is 46.9 Å². The van der Waals surface area contributed by atoms with E-state index in [1.54, 1.807) is 14.2 Å². The zero-order valence-electron chi connectivity index (χ0n) is 11.6. The van der Waals surface area contributed by atoms with Crippen molar-refractivity contribution in [1.82, 2.24) is 0 Å². The lowest BCUT2D eigenvalue weighted by Crippen LogP contribution is -1.82. The summed E-state index contributed by atoms with van der Waals surface area (Å²) in [5.41, 5.74) is 0.913. The molecule has 0 aliphatic rings. The smallest absolute Gasteiger partial charge is 0.194 e. The summed E-state index contributed by atoms with van der Waals surface area (Å²) in [7, 11) is 2.00. The monoisotopic (exact) mass is 364 g/mol. The lowest BCUT2D eigenvalue weighted by atomic mass is 10.1. The number of rotatable bonds is 3. The molecule has 108 valence electrons. The summed E-state index contributed by atoms with van der Waals surface area (Å²) in [6.07, 6.45) is 0. The van der Waals surface area contributed by atoms with Crippen LogP contribution >= 0.6 is 26.7 Å². The molecule has 0 radical (unpaired) electrons. The Balaban J connectivity index is 2.21. The van der Waals surface area contributed by atoms with Gasteiger partial charge >= 0.3 is 0 Å². The van der Waals surface area contributed by atoms with Gasteiger partial charge in [-0.15, -0.1) is 0 Å². The van der Waals surface area contributed by atoms with Gasteiger partial charge in [0.2, 0.25) is 0 Å². The van der Waals surface area contributed by atoms with E-state index < -0.39 is 10.8 Å². The molecule has 1 unspecified atom stereocenters. The second kappa shape index (κ2) is 5.67. The van der Waals surface area contributed by atoms with Crippen molar-refractivity contribution in [3.8, 4) is 21.9 Å². The van der Waals surface area contributed by atoms with Crippen LogP contribution in [-0.4, -0.2) is 18.8 Å². The predicted octanol–water partition coefficient (Wildman–Crippen LogP) is 5.01. The maximum Gasteiger partial charge on any atom is 0.194 e. The molecule has 0 saturated heterocycles. The van der Waals surface area contributed by atoms with Gasteiger partial charge in [-0.2, -0.15) is 0 Å². The Kier molecular flexibility index (Phi) is 3.89. The third kappa shape index (κ3) is 2.41. The average Bonchev–Trinajstić information content (AvgIpc) is 2.78. The van der Waals surface area contributed by atoms with Gasteiger partial charge in [-0.3, -0.25) is 0 Å². The summed E-state index contributed by atoms with van der Waals surface area (Å²) in [6.45, 7) is 0. The normalized spacial score (nSPS) is 11.7. The minimum atomic E-state index is -1.23. The van der Waals surface area contributed by atoms with Gasteiger partial charge in [0, 0.05) is 11.6 Å². The van der Waals surface area contributed by atoms with E-state index in [1.807, 2.05) is 42.5 Å². The number of hydrogen-bond acceptors (Lipinski definition) is 3. The lowest BCUT2D eigenvalue weighted by molar-refractivity contribution is 0.415. The van der Waals surface area contributed by atoms with E-state index in [4.69, 9.17) is 9.47 Å². The van der Waals surface area contributed by atoms with Crippen LogP contribution < -0.4 is 9.47 Å². The third-order valence-corrected chi connectivity index (χ3v) is 6.00. The van der Waals surface area contributed by atoms with Gasteiger partial charge in [0.25, 0.3) is 0 Å². The van der Waals surface area contributed by atoms with E-state index in [-0.39, 0.29) is 0 Å². The molecule has 3 rings (SSSR count). The highest BCUT2D eigenvalue weighted by atomic mass is 79.9. The van der Waals surface area contributed by atoms with Crippen LogP contribution in [0.5, 0.6) is 11.5 Å². The predicted molar refractivity (Wildman–Crippen MR) is 88.8 cm³/mol. The molecule has 0 spiro atoms. The Hall–Kier alpha value is -1.56. The Bertz CT molecular complexity index is 793. The SMILES string of the molecule is COc1ccc(-c2c(Br)c3ccc(OC)cc3[s+]2[O-])cc1. The molecule has 0 N–H and O–H groups in total. The Morgan fingerprint density at radius 3 is 2.19 bits per heavy atom. The standard InChI is InChI=1S/C16H13BrO3S/c1-19-11-5-3-10(4-6-11)16-15(17)13-8-7-12(20-2)9-14(13)21(16)18/h3-9H,1-2H3. The van der Waals surface area contributed by atoms with E-state index >= 15 is 0 Å². The molecule has 0 fully saturated rings. The maximum atomic E-state index is 12.8. The summed E-state index contributed by atoms with van der Waals surface area (Å²) < 4.78 is 24.8. The first-order valence-corrected chi connectivity index (χ1v) is 8.24. The van der Waals surface area contributed by atoms with Crippen molar-refractivity contribution < 1.29 is 14.0 Å². The van der Waals surface area contributed by atoms with Gasteiger partial charge < -0.3 is 14.0 Å². The fourth-order valence-corrected chi connectivity index (χ4v) is 4.84. The maximum absolute atomic E-state index is 12.8. The van der Waals surface area contributed by atoms with Crippen LogP contribution in [0.1, 0.15) is 0 Å². The van der Waals surface area contributed by atoms with Crippen LogP contribution in [0, 0.1) is 0 Å². The van der Waals surface area contributed by atoms with Crippen LogP contribution in [0.15, 0.2) is 46.9 Å². The molecule has 3 nitrogen and oxygen atoms in total. The molecule has 21 heavy (non-hydrogen) atoms. The summed E-state index contributed by atoms with van der Waals surface area (Å²) in [6, 6.07) is 13.2. The zero-order valence-corrected chi connectivity index (χ0v) is 14.0. The zero-order chi connectivity index (χ0) is 15.0. The number of fused-ring (bicyclic) bond motifs is 1. The molecule has 0 aliphatic carbocycles. The number of halogens is 1. The minimum absolute atomic E-state index is 0.707. The van der Waals surface area contributed by atoms with Crippen LogP contribution in [-0.2, 0) is 0 Å². The number of benzene rings is 2. The van der Waals surface area contributed by atoms with Gasteiger partial charge in [0.05, 0.1) is 24.1 Å². The highest BCUT2D eigenvalue weighted by Gasteiger charge is 2.22. The van der Waals surface area contributed by atoms with Crippen LogP contribution in [0.25, 0.3) is 20.5 Å². The Morgan fingerprint density at radius 1 is 0.952 bits per heavy atom. The van der Waals surface area contributed by atoms with Crippen LogP contribution in [0.3, 0.4) is 0 Å². The van der Waals surface area contributed by atoms with Crippen LogP contribution in [0.2, 0.25) is 0 Å². The average molecular weight is 365 g/mol. The second-order valence-corrected chi connectivity index (χ2v) is 6.68. The molecule has 0 saturated carbocycles. The molecule has 5 heteroatoms. The minimum Gasteiger partial charge on any atom is -0.590 e. The highest BCUT2D eigenvalue weighted by Crippen LogP contribution is 2.48. The summed E-state index contributed by atoms with van der Waals surface area (Å²) in [5, 5.41) is 0.944. The molecular weight excluding hydrogens is 352 g/mol. The lowest BCUT2D eigenvalue weighted by Gasteiger charge is -2.02. The molecule has 1 atom stereocenters. The van der Waals surface area contributed by atoms with Gasteiger partial charge in [0.1, 0.15) is 11.5 Å². The first kappa shape index (κ1) is 14.4. The van der Waals surface area contributed by atoms with E-state index in [0.29, 0.717) is 5.75 Å². The van der Waals surface area contributed by atoms with E-state index in [1.165, 1.54) is 0 Å². The molecule has 2 aromatic carbocycles. The molecule has 1 aromatic heterocycles. The first-order valence-electron chi connectivity index (χ1n) is 6.30. The summed E-state index contributed by atoms with van der Waals surface area (Å²) in [4.78, 5) is 0.779.